The van der Waals surface area contributed by atoms with E-state index in [1.54, 1.807) is 0 Å². The zero-order valence-corrected chi connectivity index (χ0v) is 45.9. The molecule has 0 nitrogen and oxygen atoms in total. The van der Waals surface area contributed by atoms with Gasteiger partial charge in [-0.2, -0.15) is 0 Å². The maximum atomic E-state index is 2.45. The average Bonchev–Trinajstić information content (AvgIpc) is 3.41. The first-order valence-electron chi connectivity index (χ1n) is 28.0. The standard InChI is InChI=1S/C79H62/c1-51-23-31-57(32-24-51)69(59-39-45-67-63-15-7-11-19-71(63)77(3,4)75(67)49-59)47-53-27-35-55(36-28-53)56-37-43-62(44-38-56)79(73-21-13-9-17-65(73)66-18-10-14-22-74(66)79)61-41-29-54(30-42-61)48-70(58-33-25-52(2)26-34-58)60-40-46-68-64-16-8-12-20-72(64)78(5,6)76(68)50-60/h7-50H,1-6H3/b69-47+,70-48+. The van der Waals surface area contributed by atoms with Crippen molar-refractivity contribution in [2.75, 3.05) is 0 Å². The van der Waals surface area contributed by atoms with Gasteiger partial charge in [0.2, 0.25) is 0 Å². The summed E-state index contributed by atoms with van der Waals surface area (Å²) in [6, 6.07) is 96.1. The molecule has 0 heterocycles. The van der Waals surface area contributed by atoms with Crippen LogP contribution in [0.5, 0.6) is 0 Å². The molecule has 0 fully saturated rings. The molecule has 11 aromatic carbocycles. The summed E-state index contributed by atoms with van der Waals surface area (Å²) in [5.74, 6) is 0. The summed E-state index contributed by atoms with van der Waals surface area (Å²) in [5, 5.41) is 0. The molecule has 0 heteroatoms. The van der Waals surface area contributed by atoms with Gasteiger partial charge >= 0.3 is 0 Å². The van der Waals surface area contributed by atoms with E-state index in [0.29, 0.717) is 0 Å². The van der Waals surface area contributed by atoms with Crippen molar-refractivity contribution in [1.29, 1.82) is 0 Å². The molecule has 11 aromatic rings. The fourth-order valence-electron chi connectivity index (χ4n) is 13.7. The molecule has 0 saturated heterocycles. The molecule has 0 unspecified atom stereocenters. The summed E-state index contributed by atoms with van der Waals surface area (Å²) >= 11 is 0. The summed E-state index contributed by atoms with van der Waals surface area (Å²) in [7, 11) is 0. The predicted octanol–water partition coefficient (Wildman–Crippen LogP) is 20.1. The van der Waals surface area contributed by atoms with Crippen LogP contribution in [0, 0.1) is 13.8 Å². The Morgan fingerprint density at radius 3 is 0.987 bits per heavy atom. The lowest BCUT2D eigenvalue weighted by molar-refractivity contribution is 0.660. The van der Waals surface area contributed by atoms with Gasteiger partial charge in [-0.3, -0.25) is 0 Å². The van der Waals surface area contributed by atoms with Gasteiger partial charge in [0.25, 0.3) is 0 Å². The zero-order chi connectivity index (χ0) is 53.6. The van der Waals surface area contributed by atoms with Crippen LogP contribution in [0.4, 0.5) is 0 Å². The van der Waals surface area contributed by atoms with E-state index < -0.39 is 5.41 Å². The van der Waals surface area contributed by atoms with Gasteiger partial charge in [0, 0.05) is 10.8 Å². The van der Waals surface area contributed by atoms with E-state index in [4.69, 9.17) is 0 Å². The molecule has 14 rings (SSSR count). The van der Waals surface area contributed by atoms with Crippen LogP contribution in [0.1, 0.15) is 117 Å². The minimum atomic E-state index is -0.523. The molecule has 0 radical (unpaired) electrons. The topological polar surface area (TPSA) is 0 Å². The van der Waals surface area contributed by atoms with Gasteiger partial charge in [0.1, 0.15) is 0 Å². The highest BCUT2D eigenvalue weighted by Gasteiger charge is 2.46. The Kier molecular flexibility index (Phi) is 11.3. The van der Waals surface area contributed by atoms with Crippen molar-refractivity contribution in [3.63, 3.8) is 0 Å². The quantitative estimate of drug-likeness (QED) is 0.126. The summed E-state index contributed by atoms with van der Waals surface area (Å²) in [6.45, 7) is 13.8. The second kappa shape index (κ2) is 18.5. The van der Waals surface area contributed by atoms with Crippen molar-refractivity contribution >= 4 is 23.3 Å². The number of hydrogen-bond acceptors (Lipinski definition) is 0. The van der Waals surface area contributed by atoms with Crippen molar-refractivity contribution < 1.29 is 0 Å². The molecule has 0 N–H and O–H groups in total. The molecule has 0 spiro atoms. The number of rotatable bonds is 9. The number of aryl methyl sites for hydroxylation is 2. The molecule has 0 amide bonds. The van der Waals surface area contributed by atoms with Gasteiger partial charge in [-0.15, -0.1) is 0 Å². The summed E-state index contributed by atoms with van der Waals surface area (Å²) in [4.78, 5) is 0. The van der Waals surface area contributed by atoms with Crippen molar-refractivity contribution in [2.45, 2.75) is 57.8 Å². The van der Waals surface area contributed by atoms with Crippen molar-refractivity contribution in [2.24, 2.45) is 0 Å². The van der Waals surface area contributed by atoms with Crippen molar-refractivity contribution in [3.8, 4) is 44.5 Å². The first-order valence-corrected chi connectivity index (χ1v) is 28.0. The first kappa shape index (κ1) is 48.3. The van der Waals surface area contributed by atoms with Crippen LogP contribution < -0.4 is 0 Å². The molecule has 0 aliphatic heterocycles. The Morgan fingerprint density at radius 2 is 0.582 bits per heavy atom. The summed E-state index contributed by atoms with van der Waals surface area (Å²) < 4.78 is 0. The van der Waals surface area contributed by atoms with Crippen LogP contribution in [0.15, 0.2) is 255 Å². The Hall–Kier alpha value is -9.10. The third-order valence-electron chi connectivity index (χ3n) is 18.0. The molecule has 0 saturated carbocycles. The highest BCUT2D eigenvalue weighted by Crippen LogP contribution is 2.57. The van der Waals surface area contributed by atoms with Crippen molar-refractivity contribution in [1.82, 2.24) is 0 Å². The van der Waals surface area contributed by atoms with Crippen LogP contribution in [-0.4, -0.2) is 0 Å². The van der Waals surface area contributed by atoms with Gasteiger partial charge in [-0.1, -0.05) is 281 Å². The van der Waals surface area contributed by atoms with Crippen LogP contribution in [0.2, 0.25) is 0 Å². The number of fused-ring (bicyclic) bond motifs is 9. The normalized spacial score (nSPS) is 14.9. The zero-order valence-electron chi connectivity index (χ0n) is 45.9. The number of hydrogen-bond donors (Lipinski definition) is 0. The van der Waals surface area contributed by atoms with E-state index in [1.807, 2.05) is 0 Å². The fraction of sp³-hybridized carbons (Fsp3) is 0.114. The van der Waals surface area contributed by atoms with E-state index in [-0.39, 0.29) is 10.8 Å². The van der Waals surface area contributed by atoms with Crippen LogP contribution in [-0.2, 0) is 16.2 Å². The lowest BCUT2D eigenvalue weighted by Gasteiger charge is -2.34. The van der Waals surface area contributed by atoms with Crippen LogP contribution >= 0.6 is 0 Å². The maximum absolute atomic E-state index is 2.45. The van der Waals surface area contributed by atoms with Crippen LogP contribution in [0.3, 0.4) is 0 Å². The third-order valence-corrected chi connectivity index (χ3v) is 18.0. The van der Waals surface area contributed by atoms with Gasteiger partial charge < -0.3 is 0 Å². The highest BCUT2D eigenvalue weighted by atomic mass is 14.5. The second-order valence-electron chi connectivity index (χ2n) is 23.4. The van der Waals surface area contributed by atoms with Crippen LogP contribution in [0.25, 0.3) is 67.8 Å². The first-order chi connectivity index (χ1) is 38.5. The van der Waals surface area contributed by atoms with E-state index in [2.05, 4.69) is 308 Å². The lowest BCUT2D eigenvalue weighted by atomic mass is 9.67. The Balaban J connectivity index is 0.825. The SMILES string of the molecule is Cc1ccc(/C(=C\c2ccc(-c3ccc(C4(c5ccc(/C=C(\c6ccc(C)cc6)c6ccc7c(c6)C(C)(C)c6ccccc6-7)cc5)c5ccccc5-c5ccccc54)cc3)cc2)c2ccc3c(c2)C(C)(C)c2ccccc2-3)cc1. The molecule has 0 atom stereocenters. The molecular weight excluding hydrogens is 949 g/mol. The summed E-state index contributed by atoms with van der Waals surface area (Å²) in [6.07, 6.45) is 4.75. The molecule has 3 aliphatic rings. The minimum absolute atomic E-state index is 0.0766. The molecular formula is C79H62. The summed E-state index contributed by atoms with van der Waals surface area (Å²) in [5.41, 5.74) is 32.5. The smallest absolute Gasteiger partial charge is 0.0619 e. The Morgan fingerprint density at radius 1 is 0.278 bits per heavy atom. The highest BCUT2D eigenvalue weighted by molar-refractivity contribution is 5.96. The van der Waals surface area contributed by atoms with Gasteiger partial charge in [-0.05, 0) is 172 Å². The molecule has 79 heavy (non-hydrogen) atoms. The predicted molar refractivity (Wildman–Crippen MR) is 333 cm³/mol. The third kappa shape index (κ3) is 7.79. The minimum Gasteiger partial charge on any atom is -0.0619 e. The van der Waals surface area contributed by atoms with E-state index in [1.165, 1.54) is 145 Å². The van der Waals surface area contributed by atoms with Gasteiger partial charge in [-0.25, -0.2) is 0 Å². The largest absolute Gasteiger partial charge is 0.0713 e. The van der Waals surface area contributed by atoms with Gasteiger partial charge in [0.05, 0.1) is 5.41 Å². The Labute approximate surface area is 466 Å². The maximum Gasteiger partial charge on any atom is 0.0713 e. The van der Waals surface area contributed by atoms with Crippen molar-refractivity contribution in [3.05, 3.63) is 344 Å². The lowest BCUT2D eigenvalue weighted by Crippen LogP contribution is -2.28. The Bertz CT molecular complexity index is 4200. The van der Waals surface area contributed by atoms with E-state index in [9.17, 15) is 0 Å². The fourth-order valence-corrected chi connectivity index (χ4v) is 13.7. The van der Waals surface area contributed by atoms with Gasteiger partial charge in [0.15, 0.2) is 0 Å². The second-order valence-corrected chi connectivity index (χ2v) is 23.4. The molecule has 378 valence electrons. The number of benzene rings is 11. The van der Waals surface area contributed by atoms with E-state index in [0.717, 1.165) is 0 Å². The average molecular weight is 1010 g/mol. The van der Waals surface area contributed by atoms with E-state index >= 15 is 0 Å². The molecule has 3 aliphatic carbocycles. The molecule has 0 aromatic heterocycles. The molecule has 0 bridgehead atoms. The monoisotopic (exact) mass is 1010 g/mol.